The highest BCUT2D eigenvalue weighted by molar-refractivity contribution is 5.77. The third-order valence-electron chi connectivity index (χ3n) is 6.10. The number of rotatable bonds is 3. The van der Waals surface area contributed by atoms with Crippen LogP contribution in [0.25, 0.3) is 0 Å². The lowest BCUT2D eigenvalue weighted by molar-refractivity contribution is -0.143. The molecular weight excluding hydrogens is 224 g/mol. The highest BCUT2D eigenvalue weighted by atomic mass is 16.2. The van der Waals surface area contributed by atoms with E-state index in [1.807, 2.05) is 7.05 Å². The van der Waals surface area contributed by atoms with E-state index in [9.17, 15) is 4.79 Å². The SMILES string of the molecule is CN(C(=O)CCN)C12CCCC(C1)C1CCC2C1. The van der Waals surface area contributed by atoms with E-state index in [0.717, 1.165) is 17.8 Å². The Bertz CT molecular complexity index is 343. The third kappa shape index (κ3) is 1.70. The maximum atomic E-state index is 12.3. The number of nitrogens with zero attached hydrogens (tertiary/aromatic N) is 1. The molecule has 4 atom stereocenters. The summed E-state index contributed by atoms with van der Waals surface area (Å²) >= 11 is 0. The largest absolute Gasteiger partial charge is 0.340 e. The lowest BCUT2D eigenvalue weighted by Crippen LogP contribution is -2.58. The van der Waals surface area contributed by atoms with E-state index in [-0.39, 0.29) is 11.4 Å². The third-order valence-corrected chi connectivity index (χ3v) is 6.10. The van der Waals surface area contributed by atoms with E-state index in [2.05, 4.69) is 4.90 Å². The Kier molecular flexibility index (Phi) is 3.13. The Morgan fingerprint density at radius 1 is 1.33 bits per heavy atom. The molecule has 3 heteroatoms. The van der Waals surface area contributed by atoms with Gasteiger partial charge in [0.1, 0.15) is 0 Å². The molecule has 0 heterocycles. The lowest BCUT2D eigenvalue weighted by atomic mass is 9.61. The van der Waals surface area contributed by atoms with Gasteiger partial charge in [-0.1, -0.05) is 12.8 Å². The van der Waals surface area contributed by atoms with Crippen LogP contribution >= 0.6 is 0 Å². The van der Waals surface area contributed by atoms with E-state index in [0.29, 0.717) is 13.0 Å². The quantitative estimate of drug-likeness (QED) is 0.834. The predicted molar refractivity (Wildman–Crippen MR) is 72.0 cm³/mol. The highest BCUT2D eigenvalue weighted by Gasteiger charge is 2.55. The summed E-state index contributed by atoms with van der Waals surface area (Å²) in [6, 6.07) is 0. The Morgan fingerprint density at radius 3 is 2.94 bits per heavy atom. The van der Waals surface area contributed by atoms with Crippen molar-refractivity contribution in [2.24, 2.45) is 23.5 Å². The van der Waals surface area contributed by atoms with Crippen molar-refractivity contribution in [1.29, 1.82) is 0 Å². The monoisotopic (exact) mass is 250 g/mol. The first-order valence-electron chi connectivity index (χ1n) is 7.64. The first-order chi connectivity index (χ1) is 8.67. The highest BCUT2D eigenvalue weighted by Crippen LogP contribution is 2.58. The van der Waals surface area contributed by atoms with Crippen LogP contribution in [0.3, 0.4) is 0 Å². The molecule has 0 radical (unpaired) electrons. The van der Waals surface area contributed by atoms with Crippen LogP contribution in [0.5, 0.6) is 0 Å². The number of carbonyl (C=O) groups is 1. The molecule has 3 nitrogen and oxygen atoms in total. The van der Waals surface area contributed by atoms with Crippen molar-refractivity contribution in [3.63, 3.8) is 0 Å². The van der Waals surface area contributed by atoms with Gasteiger partial charge in [0.05, 0.1) is 0 Å². The maximum Gasteiger partial charge on any atom is 0.224 e. The lowest BCUT2D eigenvalue weighted by Gasteiger charge is -2.54. The van der Waals surface area contributed by atoms with Gasteiger partial charge < -0.3 is 10.6 Å². The molecule has 102 valence electrons. The Labute approximate surface area is 110 Å². The van der Waals surface area contributed by atoms with Gasteiger partial charge in [0.15, 0.2) is 0 Å². The zero-order chi connectivity index (χ0) is 12.8. The maximum absolute atomic E-state index is 12.3. The van der Waals surface area contributed by atoms with E-state index >= 15 is 0 Å². The fourth-order valence-corrected chi connectivity index (χ4v) is 5.15. The molecule has 0 aliphatic heterocycles. The van der Waals surface area contributed by atoms with Crippen LogP contribution in [0.15, 0.2) is 0 Å². The van der Waals surface area contributed by atoms with E-state index in [1.165, 1.54) is 44.9 Å². The van der Waals surface area contributed by atoms with Crippen molar-refractivity contribution in [1.82, 2.24) is 4.90 Å². The number of hydrogen-bond acceptors (Lipinski definition) is 2. The molecule has 0 aromatic heterocycles. The van der Waals surface area contributed by atoms with Crippen LogP contribution in [-0.4, -0.2) is 29.9 Å². The fourth-order valence-electron chi connectivity index (χ4n) is 5.15. The molecule has 3 aliphatic rings. The molecule has 3 aliphatic carbocycles. The normalized spacial score (nSPS) is 41.8. The zero-order valence-corrected chi connectivity index (χ0v) is 11.5. The first kappa shape index (κ1) is 12.5. The Balaban J connectivity index is 1.85. The summed E-state index contributed by atoms with van der Waals surface area (Å²) in [5.41, 5.74) is 5.75. The van der Waals surface area contributed by atoms with Gasteiger partial charge in [-0.15, -0.1) is 0 Å². The molecule has 3 fully saturated rings. The van der Waals surface area contributed by atoms with Gasteiger partial charge in [0.25, 0.3) is 0 Å². The van der Waals surface area contributed by atoms with Gasteiger partial charge in [-0.05, 0) is 49.9 Å². The molecule has 3 saturated carbocycles. The van der Waals surface area contributed by atoms with Gasteiger partial charge in [-0.3, -0.25) is 4.79 Å². The number of hydrogen-bond donors (Lipinski definition) is 1. The minimum atomic E-state index is 0.197. The average Bonchev–Trinajstić information content (AvgIpc) is 2.84. The van der Waals surface area contributed by atoms with Crippen molar-refractivity contribution in [2.45, 2.75) is 56.9 Å². The van der Waals surface area contributed by atoms with Gasteiger partial charge in [0, 0.05) is 25.6 Å². The van der Waals surface area contributed by atoms with Gasteiger partial charge in [-0.2, -0.15) is 0 Å². The van der Waals surface area contributed by atoms with Crippen LogP contribution in [0.2, 0.25) is 0 Å². The Hall–Kier alpha value is -0.570. The number of amides is 1. The molecule has 0 spiro atoms. The standard InChI is InChI=1S/C15H26N2O/c1-17(14(18)6-8-16)15-7-2-3-12(10-15)11-4-5-13(15)9-11/h11-13H,2-10,16H2,1H3. The molecule has 4 bridgehead atoms. The molecule has 4 unspecified atom stereocenters. The minimum absolute atomic E-state index is 0.197. The first-order valence-corrected chi connectivity index (χ1v) is 7.64. The zero-order valence-electron chi connectivity index (χ0n) is 11.5. The van der Waals surface area contributed by atoms with E-state index < -0.39 is 0 Å². The van der Waals surface area contributed by atoms with Crippen LogP contribution in [-0.2, 0) is 4.79 Å². The molecule has 0 aromatic rings. The average molecular weight is 250 g/mol. The second-order valence-corrected chi connectivity index (χ2v) is 6.72. The van der Waals surface area contributed by atoms with Crippen molar-refractivity contribution >= 4 is 5.91 Å². The second-order valence-electron chi connectivity index (χ2n) is 6.72. The van der Waals surface area contributed by atoms with Crippen molar-refractivity contribution in [3.8, 4) is 0 Å². The molecule has 2 N–H and O–H groups in total. The van der Waals surface area contributed by atoms with Gasteiger partial charge in [0.2, 0.25) is 5.91 Å². The molecule has 0 saturated heterocycles. The van der Waals surface area contributed by atoms with Crippen molar-refractivity contribution in [2.75, 3.05) is 13.6 Å². The van der Waals surface area contributed by atoms with Crippen LogP contribution in [0, 0.1) is 17.8 Å². The minimum Gasteiger partial charge on any atom is -0.340 e. The summed E-state index contributed by atoms with van der Waals surface area (Å²) in [6.07, 6.45) is 9.88. The summed E-state index contributed by atoms with van der Waals surface area (Å²) in [5, 5.41) is 0. The van der Waals surface area contributed by atoms with Crippen LogP contribution in [0.4, 0.5) is 0 Å². The smallest absolute Gasteiger partial charge is 0.224 e. The van der Waals surface area contributed by atoms with Crippen LogP contribution in [0.1, 0.15) is 51.4 Å². The molecule has 0 aromatic carbocycles. The Morgan fingerprint density at radius 2 is 2.17 bits per heavy atom. The molecule has 18 heavy (non-hydrogen) atoms. The van der Waals surface area contributed by atoms with Gasteiger partial charge >= 0.3 is 0 Å². The summed E-state index contributed by atoms with van der Waals surface area (Å²) in [4.78, 5) is 14.4. The number of fused-ring (bicyclic) bond motifs is 6. The van der Waals surface area contributed by atoms with Crippen LogP contribution < -0.4 is 5.73 Å². The summed E-state index contributed by atoms with van der Waals surface area (Å²) in [6.45, 7) is 0.482. The fraction of sp³-hybridized carbons (Fsp3) is 0.933. The molecular formula is C15H26N2O. The van der Waals surface area contributed by atoms with Crippen molar-refractivity contribution in [3.05, 3.63) is 0 Å². The second kappa shape index (κ2) is 4.52. The van der Waals surface area contributed by atoms with E-state index in [4.69, 9.17) is 5.73 Å². The summed E-state index contributed by atoms with van der Waals surface area (Å²) in [5.74, 6) is 2.90. The summed E-state index contributed by atoms with van der Waals surface area (Å²) < 4.78 is 0. The van der Waals surface area contributed by atoms with Gasteiger partial charge in [-0.25, -0.2) is 0 Å². The molecule has 3 rings (SSSR count). The van der Waals surface area contributed by atoms with E-state index in [1.54, 1.807) is 0 Å². The number of nitrogens with two attached hydrogens (primary N) is 1. The topological polar surface area (TPSA) is 46.3 Å². The number of carbonyl (C=O) groups excluding carboxylic acids is 1. The predicted octanol–water partition coefficient (Wildman–Crippen LogP) is 2.15. The summed E-state index contributed by atoms with van der Waals surface area (Å²) in [7, 11) is 2.04. The van der Waals surface area contributed by atoms with Crippen molar-refractivity contribution < 1.29 is 4.79 Å². The molecule has 1 amide bonds.